The average molecular weight is 527 g/mol. The third kappa shape index (κ3) is 13.5. The van der Waals surface area contributed by atoms with Gasteiger partial charge in [-0.3, -0.25) is 18.1 Å². The standard InChI is InChI=1S/C12H29NO6P2.C12H23N/c1-7-11(5)18-21(15,19-12(6)8-2)13-20(14,16-9-3)17-10-4;1-3-7-11(8-4-1)13-12-9-5-2-6-10-12/h11-12H,7-10H2,1-6H3,(H,13,14,15);11-13H,1-10H2. The summed E-state index contributed by atoms with van der Waals surface area (Å²) in [6.07, 6.45) is 15.2. The molecule has 0 aromatic heterocycles. The SMILES string of the molecule is C1CCC(NC2CCCCC2)CC1.CCOP(=O)(NP(=O)(OC(C)CC)OC(C)CC)OCC. The van der Waals surface area contributed by atoms with Crippen molar-refractivity contribution in [3.05, 3.63) is 0 Å². The maximum absolute atomic E-state index is 12.8. The molecule has 34 heavy (non-hydrogen) atoms. The van der Waals surface area contributed by atoms with E-state index in [0.29, 0.717) is 12.8 Å². The van der Waals surface area contributed by atoms with Crippen molar-refractivity contribution >= 4 is 15.5 Å². The molecule has 204 valence electrons. The fourth-order valence-corrected chi connectivity index (χ4v) is 8.24. The highest BCUT2D eigenvalue weighted by atomic mass is 31.3. The van der Waals surface area contributed by atoms with Crippen LogP contribution in [0.25, 0.3) is 0 Å². The molecule has 0 saturated heterocycles. The largest absolute Gasteiger partial charge is 0.415 e. The van der Waals surface area contributed by atoms with Gasteiger partial charge in [0.05, 0.1) is 25.4 Å². The first-order chi connectivity index (χ1) is 16.2. The molecule has 2 aliphatic rings. The van der Waals surface area contributed by atoms with Crippen molar-refractivity contribution in [2.75, 3.05) is 13.2 Å². The van der Waals surface area contributed by atoms with Gasteiger partial charge in [-0.25, -0.2) is 9.13 Å². The molecule has 2 unspecified atom stereocenters. The zero-order valence-corrected chi connectivity index (χ0v) is 24.3. The van der Waals surface area contributed by atoms with Gasteiger partial charge < -0.3 is 5.32 Å². The highest BCUT2D eigenvalue weighted by Crippen LogP contribution is 2.59. The molecule has 0 radical (unpaired) electrons. The van der Waals surface area contributed by atoms with E-state index in [1.54, 1.807) is 27.7 Å². The van der Waals surface area contributed by atoms with Gasteiger partial charge >= 0.3 is 15.5 Å². The van der Waals surface area contributed by atoms with Crippen molar-refractivity contribution in [1.82, 2.24) is 10.2 Å². The fraction of sp³-hybridized carbons (Fsp3) is 1.00. The lowest BCUT2D eigenvalue weighted by molar-refractivity contribution is 0.117. The third-order valence-corrected chi connectivity index (χ3v) is 10.7. The average Bonchev–Trinajstić information content (AvgIpc) is 2.80. The first kappa shape index (κ1) is 32.2. The molecular weight excluding hydrogens is 474 g/mol. The van der Waals surface area contributed by atoms with E-state index < -0.39 is 15.5 Å². The van der Waals surface area contributed by atoms with E-state index in [-0.39, 0.29) is 25.4 Å². The highest BCUT2D eigenvalue weighted by Gasteiger charge is 2.39. The molecule has 2 N–H and O–H groups in total. The van der Waals surface area contributed by atoms with Gasteiger partial charge in [0.25, 0.3) is 0 Å². The molecule has 8 nitrogen and oxygen atoms in total. The van der Waals surface area contributed by atoms with Gasteiger partial charge in [0, 0.05) is 12.1 Å². The second-order valence-electron chi connectivity index (χ2n) is 9.42. The molecule has 10 heteroatoms. The van der Waals surface area contributed by atoms with Crippen LogP contribution in [-0.4, -0.2) is 37.5 Å². The first-order valence-corrected chi connectivity index (χ1v) is 16.7. The van der Waals surface area contributed by atoms with Gasteiger partial charge in [-0.05, 0) is 66.2 Å². The van der Waals surface area contributed by atoms with Crippen LogP contribution < -0.4 is 10.2 Å². The second-order valence-corrected chi connectivity index (χ2v) is 13.1. The predicted molar refractivity (Wildman–Crippen MR) is 140 cm³/mol. The van der Waals surface area contributed by atoms with Crippen molar-refractivity contribution < 1.29 is 27.2 Å². The monoisotopic (exact) mass is 526 g/mol. The number of hydrogen-bond acceptors (Lipinski definition) is 7. The molecule has 0 amide bonds. The number of hydrogen-bond donors (Lipinski definition) is 2. The zero-order chi connectivity index (χ0) is 25.5. The third-order valence-electron chi connectivity index (χ3n) is 6.31. The summed E-state index contributed by atoms with van der Waals surface area (Å²) in [5.41, 5.74) is 0. The molecule has 0 aliphatic heterocycles. The Morgan fingerprint density at radius 1 is 0.676 bits per heavy atom. The Balaban J connectivity index is 0.000000375. The van der Waals surface area contributed by atoms with Crippen LogP contribution in [0, 0.1) is 0 Å². The zero-order valence-electron chi connectivity index (χ0n) is 22.6. The number of rotatable bonds is 14. The molecule has 2 atom stereocenters. The van der Waals surface area contributed by atoms with E-state index in [2.05, 4.69) is 10.2 Å². The molecule has 0 bridgehead atoms. The van der Waals surface area contributed by atoms with Crippen molar-refractivity contribution in [3.8, 4) is 0 Å². The smallest absolute Gasteiger partial charge is 0.311 e. The van der Waals surface area contributed by atoms with Gasteiger partial charge in [-0.15, -0.1) is 4.86 Å². The Labute approximate surface area is 209 Å². The van der Waals surface area contributed by atoms with Crippen LogP contribution in [0.2, 0.25) is 0 Å². The summed E-state index contributed by atoms with van der Waals surface area (Å²) in [6.45, 7) is 11.0. The van der Waals surface area contributed by atoms with Crippen LogP contribution in [0.4, 0.5) is 0 Å². The molecule has 2 rings (SSSR count). The van der Waals surface area contributed by atoms with Gasteiger partial charge in [0.2, 0.25) is 0 Å². The minimum atomic E-state index is -3.81. The van der Waals surface area contributed by atoms with E-state index in [1.165, 1.54) is 64.2 Å². The van der Waals surface area contributed by atoms with Crippen molar-refractivity contribution in [2.24, 2.45) is 0 Å². The summed E-state index contributed by atoms with van der Waals surface area (Å²) in [5, 5.41) is 3.86. The Bertz CT molecular complexity index is 570. The molecule has 0 heterocycles. The summed E-state index contributed by atoms with van der Waals surface area (Å²) < 4.78 is 46.4. The van der Waals surface area contributed by atoms with E-state index in [0.717, 1.165) is 12.1 Å². The first-order valence-electron chi connectivity index (χ1n) is 13.6. The number of nitrogens with one attached hydrogen (secondary N) is 2. The summed E-state index contributed by atoms with van der Waals surface area (Å²) >= 11 is 0. The van der Waals surface area contributed by atoms with Crippen LogP contribution in [0.5, 0.6) is 0 Å². The molecule has 0 spiro atoms. The lowest BCUT2D eigenvalue weighted by Gasteiger charge is -2.30. The predicted octanol–water partition coefficient (Wildman–Crippen LogP) is 7.74. The molecule has 0 aromatic carbocycles. The summed E-state index contributed by atoms with van der Waals surface area (Å²) in [5.74, 6) is 0. The molecule has 2 fully saturated rings. The summed E-state index contributed by atoms with van der Waals surface area (Å²) in [7, 11) is -7.55. The maximum Gasteiger partial charge on any atom is 0.415 e. The lowest BCUT2D eigenvalue weighted by atomic mass is 9.91. The molecule has 0 aromatic rings. The van der Waals surface area contributed by atoms with Gasteiger partial charge in [-0.2, -0.15) is 0 Å². The van der Waals surface area contributed by atoms with Crippen molar-refractivity contribution in [2.45, 2.75) is 143 Å². The summed E-state index contributed by atoms with van der Waals surface area (Å²) in [4.78, 5) is 2.36. The van der Waals surface area contributed by atoms with Crippen LogP contribution in [0.3, 0.4) is 0 Å². The minimum absolute atomic E-state index is 0.150. The fourth-order valence-electron chi connectivity index (χ4n) is 4.15. The lowest BCUT2D eigenvalue weighted by Crippen LogP contribution is -2.40. The van der Waals surface area contributed by atoms with Crippen molar-refractivity contribution in [1.29, 1.82) is 0 Å². The molecule has 2 saturated carbocycles. The van der Waals surface area contributed by atoms with Crippen LogP contribution in [-0.2, 0) is 27.2 Å². The van der Waals surface area contributed by atoms with E-state index in [9.17, 15) is 9.13 Å². The molecular formula is C24H52N2O6P2. The van der Waals surface area contributed by atoms with E-state index in [1.807, 2.05) is 13.8 Å². The Morgan fingerprint density at radius 2 is 1.06 bits per heavy atom. The van der Waals surface area contributed by atoms with E-state index >= 15 is 0 Å². The summed E-state index contributed by atoms with van der Waals surface area (Å²) in [6, 6.07) is 1.74. The van der Waals surface area contributed by atoms with Crippen LogP contribution in [0.15, 0.2) is 0 Å². The van der Waals surface area contributed by atoms with Gasteiger partial charge in [-0.1, -0.05) is 52.4 Å². The Kier molecular flexibility index (Phi) is 16.7. The Morgan fingerprint density at radius 3 is 1.38 bits per heavy atom. The van der Waals surface area contributed by atoms with E-state index in [4.69, 9.17) is 18.1 Å². The topological polar surface area (TPSA) is 95.1 Å². The maximum atomic E-state index is 12.8. The second kappa shape index (κ2) is 17.6. The minimum Gasteiger partial charge on any atom is -0.311 e. The normalized spacial score (nSPS) is 21.8. The van der Waals surface area contributed by atoms with Crippen LogP contribution >= 0.6 is 15.5 Å². The quantitative estimate of drug-likeness (QED) is 0.222. The van der Waals surface area contributed by atoms with Gasteiger partial charge in [0.15, 0.2) is 0 Å². The van der Waals surface area contributed by atoms with Crippen molar-refractivity contribution in [3.63, 3.8) is 0 Å². The highest BCUT2D eigenvalue weighted by molar-refractivity contribution is 7.67. The Hall–Kier alpha value is 0.220. The molecule has 2 aliphatic carbocycles. The van der Waals surface area contributed by atoms with Crippen LogP contribution in [0.1, 0.15) is 119 Å². The van der Waals surface area contributed by atoms with Gasteiger partial charge in [0.1, 0.15) is 0 Å².